The monoisotopic (exact) mass is 302 g/mol. The van der Waals surface area contributed by atoms with Gasteiger partial charge < -0.3 is 19.9 Å². The second-order valence-electron chi connectivity index (χ2n) is 5.15. The molecule has 0 saturated carbocycles. The van der Waals surface area contributed by atoms with E-state index in [2.05, 4.69) is 22.6 Å². The molecule has 0 amide bonds. The Balaban J connectivity index is 2.00. The molecule has 1 saturated heterocycles. The minimum atomic E-state index is -0.00681. The topological polar surface area (TPSA) is 53.3 Å². The summed E-state index contributed by atoms with van der Waals surface area (Å²) in [7, 11) is 2.00. The van der Waals surface area contributed by atoms with Crippen LogP contribution in [0.3, 0.4) is 0 Å². The highest BCUT2D eigenvalue weighted by Gasteiger charge is 2.39. The van der Waals surface area contributed by atoms with Crippen molar-refractivity contribution in [2.24, 2.45) is 7.05 Å². The van der Waals surface area contributed by atoms with Gasteiger partial charge in [-0.3, -0.25) is 4.98 Å². The Labute approximate surface area is 129 Å². The summed E-state index contributed by atoms with van der Waals surface area (Å²) in [5.41, 5.74) is 2.11. The SMILES string of the molecule is Cn1ccc([C@H]2[C@H](c3ccccn3)NC(=S)N2CCO)c1. The number of aliphatic hydroxyl groups excluding tert-OH is 1. The molecule has 0 bridgehead atoms. The Kier molecular flexibility index (Phi) is 3.90. The second kappa shape index (κ2) is 5.83. The number of aliphatic hydroxyl groups is 1. The Morgan fingerprint density at radius 2 is 2.24 bits per heavy atom. The molecule has 1 fully saturated rings. The average Bonchev–Trinajstić information content (AvgIpc) is 3.05. The fraction of sp³-hybridized carbons (Fsp3) is 0.333. The maximum Gasteiger partial charge on any atom is 0.170 e. The minimum absolute atomic E-state index is 0.00681. The number of hydrogen-bond donors (Lipinski definition) is 2. The summed E-state index contributed by atoms with van der Waals surface area (Å²) in [6.45, 7) is 0.578. The fourth-order valence-corrected chi connectivity index (χ4v) is 3.15. The lowest BCUT2D eigenvalue weighted by molar-refractivity contribution is 0.223. The van der Waals surface area contributed by atoms with E-state index in [0.717, 1.165) is 11.3 Å². The number of nitrogens with one attached hydrogen (secondary N) is 1. The highest BCUT2D eigenvalue weighted by molar-refractivity contribution is 7.80. The van der Waals surface area contributed by atoms with Crippen molar-refractivity contribution in [3.05, 3.63) is 54.1 Å². The lowest BCUT2D eigenvalue weighted by Gasteiger charge is -2.26. The van der Waals surface area contributed by atoms with Crippen molar-refractivity contribution in [3.63, 3.8) is 0 Å². The summed E-state index contributed by atoms with van der Waals surface area (Å²) in [6, 6.07) is 8.00. The molecule has 3 heterocycles. The molecule has 2 atom stereocenters. The van der Waals surface area contributed by atoms with Gasteiger partial charge in [-0.15, -0.1) is 0 Å². The van der Waals surface area contributed by atoms with Crippen LogP contribution in [0.15, 0.2) is 42.9 Å². The first kappa shape index (κ1) is 14.0. The van der Waals surface area contributed by atoms with E-state index in [1.165, 1.54) is 0 Å². The van der Waals surface area contributed by atoms with Crippen LogP contribution in [-0.2, 0) is 7.05 Å². The van der Waals surface area contributed by atoms with E-state index < -0.39 is 0 Å². The van der Waals surface area contributed by atoms with Crippen molar-refractivity contribution < 1.29 is 5.11 Å². The van der Waals surface area contributed by atoms with E-state index in [4.69, 9.17) is 12.2 Å². The molecule has 1 aliphatic heterocycles. The van der Waals surface area contributed by atoms with Crippen LogP contribution in [0.25, 0.3) is 0 Å². The molecule has 0 aromatic carbocycles. The highest BCUT2D eigenvalue weighted by Crippen LogP contribution is 2.38. The second-order valence-corrected chi connectivity index (χ2v) is 5.54. The smallest absolute Gasteiger partial charge is 0.170 e. The zero-order valence-corrected chi connectivity index (χ0v) is 12.6. The zero-order chi connectivity index (χ0) is 14.8. The van der Waals surface area contributed by atoms with Crippen LogP contribution < -0.4 is 5.32 Å². The quantitative estimate of drug-likeness (QED) is 0.836. The van der Waals surface area contributed by atoms with Crippen LogP contribution >= 0.6 is 12.2 Å². The van der Waals surface area contributed by atoms with Gasteiger partial charge in [0.05, 0.1) is 24.4 Å². The molecule has 0 unspecified atom stereocenters. The van der Waals surface area contributed by atoms with E-state index in [1.54, 1.807) is 6.20 Å². The van der Waals surface area contributed by atoms with Gasteiger partial charge in [0.25, 0.3) is 0 Å². The van der Waals surface area contributed by atoms with Gasteiger partial charge in [-0.05, 0) is 36.0 Å². The summed E-state index contributed by atoms with van der Waals surface area (Å²) in [5.74, 6) is 0. The number of nitrogens with zero attached hydrogens (tertiary/aromatic N) is 3. The molecule has 0 spiro atoms. The van der Waals surface area contributed by atoms with Crippen LogP contribution in [0, 0.1) is 0 Å². The van der Waals surface area contributed by atoms with Crippen molar-refractivity contribution in [3.8, 4) is 0 Å². The predicted molar refractivity (Wildman–Crippen MR) is 84.7 cm³/mol. The van der Waals surface area contributed by atoms with Gasteiger partial charge in [-0.2, -0.15) is 0 Å². The lowest BCUT2D eigenvalue weighted by Crippen LogP contribution is -2.32. The minimum Gasteiger partial charge on any atom is -0.395 e. The predicted octanol–water partition coefficient (Wildman–Crippen LogP) is 1.38. The molecule has 1 aliphatic rings. The molecule has 5 nitrogen and oxygen atoms in total. The maximum atomic E-state index is 9.32. The molecule has 2 aromatic heterocycles. The number of rotatable bonds is 4. The normalized spacial score (nSPS) is 21.6. The van der Waals surface area contributed by atoms with Crippen LogP contribution in [0.5, 0.6) is 0 Å². The van der Waals surface area contributed by atoms with Crippen molar-refractivity contribution in [2.45, 2.75) is 12.1 Å². The van der Waals surface area contributed by atoms with Crippen molar-refractivity contribution in [1.29, 1.82) is 0 Å². The summed E-state index contributed by atoms with van der Waals surface area (Å²) in [5, 5.41) is 13.3. The number of β-amino-alcohol motifs (C(OH)–C–C–N with tert-alkyl or cyclic N) is 1. The Hall–Kier alpha value is -1.92. The van der Waals surface area contributed by atoms with Gasteiger partial charge in [-0.25, -0.2) is 0 Å². The molecule has 110 valence electrons. The molecule has 0 aliphatic carbocycles. The molecule has 2 aromatic rings. The zero-order valence-electron chi connectivity index (χ0n) is 11.8. The number of aryl methyl sites for hydroxylation is 1. The number of pyridine rings is 1. The Morgan fingerprint density at radius 3 is 2.86 bits per heavy atom. The first-order valence-electron chi connectivity index (χ1n) is 6.91. The van der Waals surface area contributed by atoms with Gasteiger partial charge in [0.2, 0.25) is 0 Å². The number of hydrogen-bond acceptors (Lipinski definition) is 3. The first-order valence-corrected chi connectivity index (χ1v) is 7.32. The largest absolute Gasteiger partial charge is 0.395 e. The lowest BCUT2D eigenvalue weighted by atomic mass is 9.99. The van der Waals surface area contributed by atoms with Crippen LogP contribution in [0.4, 0.5) is 0 Å². The van der Waals surface area contributed by atoms with E-state index in [1.807, 2.05) is 40.9 Å². The maximum absolute atomic E-state index is 9.32. The molecule has 21 heavy (non-hydrogen) atoms. The summed E-state index contributed by atoms with van der Waals surface area (Å²) < 4.78 is 2.02. The van der Waals surface area contributed by atoms with Gasteiger partial charge in [0.15, 0.2) is 5.11 Å². The van der Waals surface area contributed by atoms with E-state index >= 15 is 0 Å². The molecular weight excluding hydrogens is 284 g/mol. The molecular formula is C15H18N4OS. The summed E-state index contributed by atoms with van der Waals surface area (Å²) in [4.78, 5) is 6.49. The van der Waals surface area contributed by atoms with Crippen LogP contribution in [0.2, 0.25) is 0 Å². The first-order chi connectivity index (χ1) is 10.2. The van der Waals surface area contributed by atoms with Gasteiger partial charge in [0.1, 0.15) is 0 Å². The third kappa shape index (κ3) is 2.64. The fourth-order valence-electron chi connectivity index (χ4n) is 2.82. The standard InChI is InChI=1S/C15H18N4OS/c1-18-7-5-11(10-18)14-13(12-4-2-3-6-16-12)17-15(21)19(14)8-9-20/h2-7,10,13-14,20H,8-9H2,1H3,(H,17,21)/t13-,14-/m0/s1. The Bertz CT molecular complexity index is 628. The van der Waals surface area contributed by atoms with Crippen molar-refractivity contribution >= 4 is 17.3 Å². The summed E-state index contributed by atoms with van der Waals surface area (Å²) in [6.07, 6.45) is 5.89. The molecule has 6 heteroatoms. The van der Waals surface area contributed by atoms with Crippen molar-refractivity contribution in [1.82, 2.24) is 19.8 Å². The van der Waals surface area contributed by atoms with E-state index in [9.17, 15) is 5.11 Å². The average molecular weight is 302 g/mol. The molecule has 3 rings (SSSR count). The van der Waals surface area contributed by atoms with Gasteiger partial charge in [-0.1, -0.05) is 6.07 Å². The number of aromatic nitrogens is 2. The van der Waals surface area contributed by atoms with Crippen LogP contribution in [0.1, 0.15) is 23.3 Å². The van der Waals surface area contributed by atoms with Gasteiger partial charge >= 0.3 is 0 Å². The van der Waals surface area contributed by atoms with E-state index in [0.29, 0.717) is 11.7 Å². The highest BCUT2D eigenvalue weighted by atomic mass is 32.1. The number of thiocarbonyl (C=S) groups is 1. The molecule has 0 radical (unpaired) electrons. The molecule has 2 N–H and O–H groups in total. The van der Waals surface area contributed by atoms with Crippen LogP contribution in [-0.4, -0.2) is 37.8 Å². The van der Waals surface area contributed by atoms with Crippen molar-refractivity contribution in [2.75, 3.05) is 13.2 Å². The third-order valence-electron chi connectivity index (χ3n) is 3.74. The Morgan fingerprint density at radius 1 is 1.38 bits per heavy atom. The van der Waals surface area contributed by atoms with Gasteiger partial charge in [0, 0.05) is 32.2 Å². The van der Waals surface area contributed by atoms with E-state index in [-0.39, 0.29) is 18.7 Å². The third-order valence-corrected chi connectivity index (χ3v) is 4.09. The summed E-state index contributed by atoms with van der Waals surface area (Å²) >= 11 is 5.44.